The smallest absolute Gasteiger partial charge is 0.234 e. The number of nitrogens with two attached hydrogens (primary N) is 1. The van der Waals surface area contributed by atoms with Gasteiger partial charge in [0, 0.05) is 0 Å². The van der Waals surface area contributed by atoms with Gasteiger partial charge >= 0.3 is 0 Å². The van der Waals surface area contributed by atoms with Gasteiger partial charge in [0.25, 0.3) is 0 Å². The molecule has 17 heavy (non-hydrogen) atoms. The number of hydrogen-bond acceptors (Lipinski definition) is 3. The van der Waals surface area contributed by atoms with E-state index in [0.717, 1.165) is 12.1 Å². The Morgan fingerprint density at radius 2 is 1.94 bits per heavy atom. The number of furan rings is 1. The Hall–Kier alpha value is -1.69. The lowest BCUT2D eigenvalue weighted by atomic mass is 10.1. The van der Waals surface area contributed by atoms with E-state index in [0.29, 0.717) is 4.67 Å². The summed E-state index contributed by atoms with van der Waals surface area (Å²) in [4.78, 5) is 11.8. The summed E-state index contributed by atoms with van der Waals surface area (Å²) >= 11 is 2.99. The van der Waals surface area contributed by atoms with Crippen LogP contribution in [0.1, 0.15) is 16.1 Å². The molecule has 0 aliphatic heterocycles. The van der Waals surface area contributed by atoms with Gasteiger partial charge in [0.2, 0.25) is 5.78 Å². The van der Waals surface area contributed by atoms with Crippen LogP contribution in [0.15, 0.2) is 33.4 Å². The molecule has 0 atom stereocenters. The molecule has 0 spiro atoms. The lowest BCUT2D eigenvalue weighted by Crippen LogP contribution is -2.08. The Bertz CT molecular complexity index is 595. The summed E-state index contributed by atoms with van der Waals surface area (Å²) < 4.78 is 32.2. The van der Waals surface area contributed by atoms with Crippen molar-refractivity contribution in [2.24, 2.45) is 0 Å². The van der Waals surface area contributed by atoms with E-state index in [-0.39, 0.29) is 11.4 Å². The van der Waals surface area contributed by atoms with Crippen LogP contribution in [0.3, 0.4) is 0 Å². The number of benzene rings is 1. The molecule has 0 radical (unpaired) electrons. The maximum atomic E-state index is 13.6. The largest absolute Gasteiger partial charge is 0.446 e. The molecule has 0 fully saturated rings. The summed E-state index contributed by atoms with van der Waals surface area (Å²) in [6, 6.07) is 4.76. The van der Waals surface area contributed by atoms with Gasteiger partial charge in [0.1, 0.15) is 5.82 Å². The van der Waals surface area contributed by atoms with E-state index in [4.69, 9.17) is 10.2 Å². The third kappa shape index (κ3) is 2.08. The highest BCUT2D eigenvalue weighted by Crippen LogP contribution is 2.23. The second kappa shape index (κ2) is 4.29. The normalized spacial score (nSPS) is 10.5. The maximum Gasteiger partial charge on any atom is 0.234 e. The molecule has 3 nitrogen and oxygen atoms in total. The number of ketones is 1. The third-order valence-corrected chi connectivity index (χ3v) is 2.57. The molecule has 6 heteroatoms. The fourth-order valence-corrected chi connectivity index (χ4v) is 1.64. The van der Waals surface area contributed by atoms with Crippen LogP contribution < -0.4 is 5.73 Å². The molecular weight excluding hydrogens is 296 g/mol. The van der Waals surface area contributed by atoms with Crippen LogP contribution in [0, 0.1) is 11.6 Å². The molecule has 0 aliphatic carbocycles. The molecule has 1 aromatic carbocycles. The second-order valence-electron chi connectivity index (χ2n) is 3.26. The minimum absolute atomic E-state index is 0.166. The average Bonchev–Trinajstić information content (AvgIpc) is 2.71. The Kier molecular flexibility index (Phi) is 2.97. The summed E-state index contributed by atoms with van der Waals surface area (Å²) in [5, 5.41) is 0. The van der Waals surface area contributed by atoms with Crippen LogP contribution in [-0.2, 0) is 0 Å². The van der Waals surface area contributed by atoms with Crippen molar-refractivity contribution in [2.45, 2.75) is 0 Å². The molecule has 0 unspecified atom stereocenters. The van der Waals surface area contributed by atoms with Crippen molar-refractivity contribution in [3.05, 3.63) is 51.9 Å². The molecule has 0 bridgehead atoms. The Balaban J connectivity index is 2.54. The number of hydrogen-bond donors (Lipinski definition) is 1. The SMILES string of the molecule is Nc1ccc(F)c(C(=O)c2ccc(Br)o2)c1F. The summed E-state index contributed by atoms with van der Waals surface area (Å²) in [6.45, 7) is 0. The first-order chi connectivity index (χ1) is 8.00. The molecule has 0 aliphatic rings. The van der Waals surface area contributed by atoms with Gasteiger partial charge in [-0.05, 0) is 40.2 Å². The molecule has 2 aromatic rings. The predicted molar refractivity (Wildman–Crippen MR) is 60.6 cm³/mol. The lowest BCUT2D eigenvalue weighted by molar-refractivity contribution is 0.1000. The maximum absolute atomic E-state index is 13.6. The van der Waals surface area contributed by atoms with Gasteiger partial charge in [-0.25, -0.2) is 8.78 Å². The fourth-order valence-electron chi connectivity index (χ4n) is 1.34. The fraction of sp³-hybridized carbons (Fsp3) is 0. The second-order valence-corrected chi connectivity index (χ2v) is 4.04. The monoisotopic (exact) mass is 301 g/mol. The highest BCUT2D eigenvalue weighted by atomic mass is 79.9. The van der Waals surface area contributed by atoms with Crippen molar-refractivity contribution in [3.63, 3.8) is 0 Å². The minimum atomic E-state index is -1.08. The van der Waals surface area contributed by atoms with E-state index in [9.17, 15) is 13.6 Å². The minimum Gasteiger partial charge on any atom is -0.446 e. The summed E-state index contributed by atoms with van der Waals surface area (Å²) in [5.41, 5.74) is 4.27. The van der Waals surface area contributed by atoms with E-state index in [1.807, 2.05) is 0 Å². The first kappa shape index (κ1) is 11.8. The van der Waals surface area contributed by atoms with Gasteiger partial charge in [0.15, 0.2) is 16.2 Å². The zero-order valence-electron chi connectivity index (χ0n) is 8.34. The quantitative estimate of drug-likeness (QED) is 0.685. The molecule has 1 aromatic heterocycles. The van der Waals surface area contributed by atoms with Crippen LogP contribution in [0.4, 0.5) is 14.5 Å². The first-order valence-corrected chi connectivity index (χ1v) is 5.33. The number of rotatable bonds is 2. The Labute approximate surface area is 103 Å². The van der Waals surface area contributed by atoms with Gasteiger partial charge in [-0.15, -0.1) is 0 Å². The first-order valence-electron chi connectivity index (χ1n) is 4.54. The molecule has 0 saturated heterocycles. The lowest BCUT2D eigenvalue weighted by Gasteiger charge is -2.04. The third-order valence-electron chi connectivity index (χ3n) is 2.15. The van der Waals surface area contributed by atoms with Gasteiger partial charge in [-0.3, -0.25) is 4.79 Å². The van der Waals surface area contributed by atoms with Crippen LogP contribution in [0.2, 0.25) is 0 Å². The molecule has 1 heterocycles. The van der Waals surface area contributed by atoms with Crippen LogP contribution in [0.5, 0.6) is 0 Å². The van der Waals surface area contributed by atoms with E-state index in [1.165, 1.54) is 12.1 Å². The molecular formula is C11H6BrF2NO2. The standard InChI is InChI=1S/C11H6BrF2NO2/c12-8-4-3-7(17-8)11(16)9-5(13)1-2-6(15)10(9)14/h1-4H,15H2. The number of nitrogen functional groups attached to an aromatic ring is 1. The van der Waals surface area contributed by atoms with Crippen LogP contribution in [-0.4, -0.2) is 5.78 Å². The predicted octanol–water partition coefficient (Wildman–Crippen LogP) is 3.13. The van der Waals surface area contributed by atoms with Crippen LogP contribution in [0.25, 0.3) is 0 Å². The molecule has 0 saturated carbocycles. The zero-order valence-corrected chi connectivity index (χ0v) is 9.92. The van der Waals surface area contributed by atoms with Crippen molar-refractivity contribution in [1.82, 2.24) is 0 Å². The Morgan fingerprint density at radius 1 is 1.24 bits per heavy atom. The highest BCUT2D eigenvalue weighted by Gasteiger charge is 2.23. The molecule has 2 rings (SSSR count). The van der Waals surface area contributed by atoms with Crippen molar-refractivity contribution in [2.75, 3.05) is 5.73 Å². The van der Waals surface area contributed by atoms with E-state index < -0.39 is 23.0 Å². The summed E-state index contributed by atoms with van der Waals surface area (Å²) in [6.07, 6.45) is 0. The van der Waals surface area contributed by atoms with Crippen molar-refractivity contribution in [1.29, 1.82) is 0 Å². The number of carbonyl (C=O) groups excluding carboxylic acids is 1. The van der Waals surface area contributed by atoms with E-state index >= 15 is 0 Å². The number of anilines is 1. The number of halogens is 3. The van der Waals surface area contributed by atoms with Crippen molar-refractivity contribution < 1.29 is 18.0 Å². The summed E-state index contributed by atoms with van der Waals surface area (Å²) in [5.74, 6) is -3.12. The molecule has 2 N–H and O–H groups in total. The zero-order chi connectivity index (χ0) is 12.6. The van der Waals surface area contributed by atoms with Crippen molar-refractivity contribution >= 4 is 27.4 Å². The molecule has 0 amide bonds. The van der Waals surface area contributed by atoms with Gasteiger partial charge < -0.3 is 10.2 Å². The topological polar surface area (TPSA) is 56.2 Å². The molecule has 88 valence electrons. The average molecular weight is 302 g/mol. The van der Waals surface area contributed by atoms with Gasteiger partial charge in [-0.2, -0.15) is 0 Å². The van der Waals surface area contributed by atoms with Gasteiger partial charge in [-0.1, -0.05) is 0 Å². The van der Waals surface area contributed by atoms with E-state index in [1.54, 1.807) is 0 Å². The van der Waals surface area contributed by atoms with Crippen LogP contribution >= 0.6 is 15.9 Å². The van der Waals surface area contributed by atoms with Crippen molar-refractivity contribution in [3.8, 4) is 0 Å². The summed E-state index contributed by atoms with van der Waals surface area (Å²) in [7, 11) is 0. The Morgan fingerprint density at radius 3 is 2.53 bits per heavy atom. The van der Waals surface area contributed by atoms with E-state index in [2.05, 4.69) is 15.9 Å². The van der Waals surface area contributed by atoms with Gasteiger partial charge in [0.05, 0.1) is 11.3 Å². The highest BCUT2D eigenvalue weighted by molar-refractivity contribution is 9.10. The number of carbonyl (C=O) groups is 1.